The fourth-order valence-corrected chi connectivity index (χ4v) is 4.53. The molecule has 3 rings (SSSR count). The van der Waals surface area contributed by atoms with Crippen molar-refractivity contribution in [1.82, 2.24) is 20.0 Å². The number of rotatable bonds is 4. The van der Waals surface area contributed by atoms with Crippen LogP contribution < -0.4 is 5.32 Å². The van der Waals surface area contributed by atoms with Crippen LogP contribution in [0.25, 0.3) is 0 Å². The summed E-state index contributed by atoms with van der Waals surface area (Å²) in [7, 11) is -3.17. The highest BCUT2D eigenvalue weighted by Crippen LogP contribution is 2.26. The molecule has 0 spiro atoms. The van der Waals surface area contributed by atoms with Crippen LogP contribution in [0.1, 0.15) is 29.7 Å². The third-order valence-electron chi connectivity index (χ3n) is 4.62. The first-order valence-corrected chi connectivity index (χ1v) is 10.5. The number of sulfone groups is 1. The summed E-state index contributed by atoms with van der Waals surface area (Å²) in [6.45, 7) is 5.25. The van der Waals surface area contributed by atoms with E-state index < -0.39 is 15.9 Å². The van der Waals surface area contributed by atoms with E-state index in [2.05, 4.69) is 10.4 Å². The molecule has 1 aromatic carbocycles. The van der Waals surface area contributed by atoms with Crippen LogP contribution in [-0.4, -0.2) is 47.2 Å². The van der Waals surface area contributed by atoms with Gasteiger partial charge in [0.25, 0.3) is 0 Å². The number of carbonyl (C=O) groups excluding carboxylic acids is 1. The van der Waals surface area contributed by atoms with E-state index in [9.17, 15) is 13.2 Å². The van der Waals surface area contributed by atoms with Gasteiger partial charge in [0.15, 0.2) is 9.84 Å². The SMILES string of the molecule is CCn1cc([C@H]2CS(=O)(=O)CCN2C(=O)NCc2ccc(C)cc2)cn1. The molecule has 0 aliphatic carbocycles. The maximum Gasteiger partial charge on any atom is 0.318 e. The number of hydrogen-bond donors (Lipinski definition) is 1. The van der Waals surface area contributed by atoms with Crippen LogP contribution in [-0.2, 0) is 22.9 Å². The van der Waals surface area contributed by atoms with E-state index in [1.165, 1.54) is 0 Å². The lowest BCUT2D eigenvalue weighted by molar-refractivity contribution is 0.180. The Balaban J connectivity index is 1.74. The first-order chi connectivity index (χ1) is 12.4. The number of nitrogens with one attached hydrogen (secondary N) is 1. The Hall–Kier alpha value is -2.35. The van der Waals surface area contributed by atoms with Gasteiger partial charge in [-0.15, -0.1) is 0 Å². The van der Waals surface area contributed by atoms with Crippen molar-refractivity contribution in [2.75, 3.05) is 18.1 Å². The zero-order valence-electron chi connectivity index (χ0n) is 15.1. The van der Waals surface area contributed by atoms with E-state index in [0.717, 1.165) is 16.7 Å². The van der Waals surface area contributed by atoms with Gasteiger partial charge in [-0.3, -0.25) is 4.68 Å². The highest BCUT2D eigenvalue weighted by molar-refractivity contribution is 7.91. The second kappa shape index (κ2) is 7.49. The predicted molar refractivity (Wildman–Crippen MR) is 99.4 cm³/mol. The van der Waals surface area contributed by atoms with E-state index in [1.807, 2.05) is 44.3 Å². The first-order valence-electron chi connectivity index (χ1n) is 8.71. The molecule has 8 heteroatoms. The summed E-state index contributed by atoms with van der Waals surface area (Å²) in [6.07, 6.45) is 3.46. The topological polar surface area (TPSA) is 84.3 Å². The molecule has 2 amide bonds. The summed E-state index contributed by atoms with van der Waals surface area (Å²) in [6, 6.07) is 7.17. The summed E-state index contributed by atoms with van der Waals surface area (Å²) < 4.78 is 25.9. The van der Waals surface area contributed by atoms with E-state index >= 15 is 0 Å². The Kier molecular flexibility index (Phi) is 5.31. The minimum atomic E-state index is -3.17. The summed E-state index contributed by atoms with van der Waals surface area (Å²) >= 11 is 0. The number of benzene rings is 1. The van der Waals surface area contributed by atoms with Crippen molar-refractivity contribution >= 4 is 15.9 Å². The van der Waals surface area contributed by atoms with Crippen LogP contribution in [0.4, 0.5) is 4.79 Å². The van der Waals surface area contributed by atoms with E-state index in [-0.39, 0.29) is 24.1 Å². The zero-order chi connectivity index (χ0) is 18.7. The van der Waals surface area contributed by atoms with Gasteiger partial charge in [0.05, 0.1) is 23.7 Å². The highest BCUT2D eigenvalue weighted by Gasteiger charge is 2.35. The number of hydrogen-bond acceptors (Lipinski definition) is 4. The van der Waals surface area contributed by atoms with Gasteiger partial charge in [0.2, 0.25) is 0 Å². The lowest BCUT2D eigenvalue weighted by Gasteiger charge is -2.35. The number of aromatic nitrogens is 2. The Labute approximate surface area is 153 Å². The number of amides is 2. The summed E-state index contributed by atoms with van der Waals surface area (Å²) in [5.41, 5.74) is 2.92. The van der Waals surface area contributed by atoms with Crippen molar-refractivity contribution in [2.24, 2.45) is 0 Å². The van der Waals surface area contributed by atoms with Crippen molar-refractivity contribution in [3.05, 3.63) is 53.3 Å². The molecule has 0 bridgehead atoms. The lowest BCUT2D eigenvalue weighted by atomic mass is 10.1. The molecule has 1 atom stereocenters. The van der Waals surface area contributed by atoms with Crippen molar-refractivity contribution in [1.29, 1.82) is 0 Å². The second-order valence-corrected chi connectivity index (χ2v) is 8.83. The van der Waals surface area contributed by atoms with Crippen LogP contribution in [0.5, 0.6) is 0 Å². The Bertz CT molecular complexity index is 874. The minimum absolute atomic E-state index is 0.0105. The second-order valence-electron chi connectivity index (χ2n) is 6.60. The first kappa shape index (κ1) is 18.4. The van der Waals surface area contributed by atoms with Gasteiger partial charge in [-0.25, -0.2) is 13.2 Å². The van der Waals surface area contributed by atoms with Gasteiger partial charge in [-0.2, -0.15) is 5.10 Å². The van der Waals surface area contributed by atoms with Crippen LogP contribution in [0.3, 0.4) is 0 Å². The van der Waals surface area contributed by atoms with Crippen LogP contribution in [0.2, 0.25) is 0 Å². The van der Waals surface area contributed by atoms with Gasteiger partial charge in [-0.05, 0) is 19.4 Å². The minimum Gasteiger partial charge on any atom is -0.334 e. The fourth-order valence-electron chi connectivity index (χ4n) is 3.04. The number of urea groups is 1. The third-order valence-corrected chi connectivity index (χ3v) is 6.25. The molecule has 1 aromatic heterocycles. The van der Waals surface area contributed by atoms with Crippen molar-refractivity contribution in [3.8, 4) is 0 Å². The maximum absolute atomic E-state index is 12.7. The molecule has 2 heterocycles. The summed E-state index contributed by atoms with van der Waals surface area (Å²) in [4.78, 5) is 14.3. The van der Waals surface area contributed by atoms with E-state index in [4.69, 9.17) is 0 Å². The molecule has 0 unspecified atom stereocenters. The average Bonchev–Trinajstić information content (AvgIpc) is 3.09. The van der Waals surface area contributed by atoms with Crippen molar-refractivity contribution in [3.63, 3.8) is 0 Å². The van der Waals surface area contributed by atoms with Crippen LogP contribution in [0.15, 0.2) is 36.7 Å². The average molecular weight is 376 g/mol. The standard InChI is InChI=1S/C18H24N4O3S/c1-3-21-12-16(11-20-21)17-13-26(24,25)9-8-22(17)18(23)19-10-15-6-4-14(2)5-7-15/h4-7,11-12,17H,3,8-10,13H2,1-2H3,(H,19,23)/t17-/m1/s1. The van der Waals surface area contributed by atoms with Gasteiger partial charge in [-0.1, -0.05) is 29.8 Å². The molecule has 1 aliphatic heterocycles. The largest absolute Gasteiger partial charge is 0.334 e. The Morgan fingerprint density at radius 1 is 1.31 bits per heavy atom. The molecule has 0 saturated carbocycles. The molecular formula is C18H24N4O3S. The molecule has 7 nitrogen and oxygen atoms in total. The Morgan fingerprint density at radius 3 is 2.69 bits per heavy atom. The predicted octanol–water partition coefficient (Wildman–Crippen LogP) is 1.89. The number of nitrogens with zero attached hydrogens (tertiary/aromatic N) is 3. The zero-order valence-corrected chi connectivity index (χ0v) is 15.9. The lowest BCUT2D eigenvalue weighted by Crippen LogP contribution is -2.49. The normalized spacial score (nSPS) is 19.3. The van der Waals surface area contributed by atoms with Gasteiger partial charge in [0, 0.05) is 31.4 Å². The third kappa shape index (κ3) is 4.24. The molecule has 1 saturated heterocycles. The fraction of sp³-hybridized carbons (Fsp3) is 0.444. The summed E-state index contributed by atoms with van der Waals surface area (Å²) in [5.74, 6) is -0.0796. The molecule has 2 aromatic rings. The van der Waals surface area contributed by atoms with Crippen molar-refractivity contribution in [2.45, 2.75) is 33.0 Å². The molecule has 1 aliphatic rings. The molecule has 1 fully saturated rings. The van der Waals surface area contributed by atoms with Gasteiger partial charge in [0.1, 0.15) is 0 Å². The monoisotopic (exact) mass is 376 g/mol. The van der Waals surface area contributed by atoms with Crippen molar-refractivity contribution < 1.29 is 13.2 Å². The molecular weight excluding hydrogens is 352 g/mol. The molecule has 26 heavy (non-hydrogen) atoms. The number of carbonyl (C=O) groups is 1. The number of aryl methyl sites for hydroxylation is 2. The Morgan fingerprint density at radius 2 is 2.04 bits per heavy atom. The van der Waals surface area contributed by atoms with E-state index in [0.29, 0.717) is 13.1 Å². The highest BCUT2D eigenvalue weighted by atomic mass is 32.2. The quantitative estimate of drug-likeness (QED) is 0.883. The van der Waals surface area contributed by atoms with Gasteiger partial charge < -0.3 is 10.2 Å². The molecule has 0 radical (unpaired) electrons. The van der Waals surface area contributed by atoms with Crippen LogP contribution in [0, 0.1) is 6.92 Å². The summed E-state index contributed by atoms with van der Waals surface area (Å²) in [5, 5.41) is 7.12. The molecule has 1 N–H and O–H groups in total. The van der Waals surface area contributed by atoms with Crippen LogP contribution >= 0.6 is 0 Å². The van der Waals surface area contributed by atoms with Gasteiger partial charge >= 0.3 is 6.03 Å². The smallest absolute Gasteiger partial charge is 0.318 e. The molecule has 140 valence electrons. The maximum atomic E-state index is 12.7. The van der Waals surface area contributed by atoms with E-state index in [1.54, 1.807) is 15.8 Å².